The fourth-order valence-corrected chi connectivity index (χ4v) is 5.52. The van der Waals surface area contributed by atoms with Gasteiger partial charge in [0.25, 0.3) is 10.0 Å². The zero-order chi connectivity index (χ0) is 27.4. The fraction of sp³-hybridized carbons (Fsp3) is 0.154. The number of hydrogen-bond donors (Lipinski definition) is 2. The summed E-state index contributed by atoms with van der Waals surface area (Å²) in [7, 11) is -3.89. The lowest BCUT2D eigenvalue weighted by Gasteiger charge is -2.17. The van der Waals surface area contributed by atoms with E-state index in [-0.39, 0.29) is 29.2 Å². The van der Waals surface area contributed by atoms with Crippen LogP contribution in [0.25, 0.3) is 10.2 Å². The molecule has 0 aliphatic carbocycles. The highest BCUT2D eigenvalue weighted by Crippen LogP contribution is 2.28. The number of carbonyl (C=O) groups is 1. The Morgan fingerprint density at radius 3 is 2.59 bits per heavy atom. The minimum Gasteiger partial charge on any atom is -0.487 e. The molecular weight excluding hydrogens is 543 g/mol. The van der Waals surface area contributed by atoms with E-state index in [4.69, 9.17) is 9.88 Å². The Morgan fingerprint density at radius 2 is 1.85 bits per heavy atom. The molecule has 3 N–H and O–H groups in total. The van der Waals surface area contributed by atoms with Crippen molar-refractivity contribution >= 4 is 37.5 Å². The molecular formula is C26H23FN6O4S2. The van der Waals surface area contributed by atoms with Crippen LogP contribution < -0.4 is 15.2 Å². The first kappa shape index (κ1) is 26.4. The number of primary sulfonamides is 1. The second kappa shape index (κ2) is 11.3. The Labute approximate surface area is 227 Å². The Morgan fingerprint density at radius 1 is 1.08 bits per heavy atom. The number of ether oxygens (including phenoxy) is 1. The molecule has 0 bridgehead atoms. The van der Waals surface area contributed by atoms with Crippen molar-refractivity contribution in [3.05, 3.63) is 102 Å². The van der Waals surface area contributed by atoms with Gasteiger partial charge in [-0.15, -0.1) is 16.4 Å². The molecule has 0 saturated carbocycles. The predicted octanol–water partition coefficient (Wildman–Crippen LogP) is 3.35. The monoisotopic (exact) mass is 566 g/mol. The van der Waals surface area contributed by atoms with Crippen molar-refractivity contribution in [2.75, 3.05) is 0 Å². The number of hydrogen-bond acceptors (Lipinski definition) is 8. The number of carbonyl (C=O) groups excluding carboxylic acids is 1. The topological polar surface area (TPSA) is 142 Å². The van der Waals surface area contributed by atoms with Crippen molar-refractivity contribution in [2.24, 2.45) is 5.14 Å². The van der Waals surface area contributed by atoms with E-state index >= 15 is 0 Å². The summed E-state index contributed by atoms with van der Waals surface area (Å²) in [5.41, 5.74) is 2.71. The van der Waals surface area contributed by atoms with E-state index < -0.39 is 16.1 Å². The molecule has 0 radical (unpaired) electrons. The number of aromatic nitrogens is 4. The molecule has 13 heteroatoms. The fourth-order valence-electron chi connectivity index (χ4n) is 3.84. The molecule has 5 aromatic rings. The van der Waals surface area contributed by atoms with Crippen molar-refractivity contribution in [1.29, 1.82) is 0 Å². The van der Waals surface area contributed by atoms with Crippen molar-refractivity contribution in [3.8, 4) is 5.75 Å². The first-order valence-corrected chi connectivity index (χ1v) is 14.1. The van der Waals surface area contributed by atoms with Gasteiger partial charge < -0.3 is 10.1 Å². The average Bonchev–Trinajstić information content (AvgIpc) is 3.58. The molecule has 0 spiro atoms. The van der Waals surface area contributed by atoms with E-state index in [1.807, 2.05) is 30.3 Å². The highest BCUT2D eigenvalue weighted by molar-refractivity contribution is 7.91. The van der Waals surface area contributed by atoms with Gasteiger partial charge >= 0.3 is 0 Å². The van der Waals surface area contributed by atoms with Gasteiger partial charge in [-0.05, 0) is 41.5 Å². The van der Waals surface area contributed by atoms with Crippen LogP contribution in [-0.4, -0.2) is 34.3 Å². The summed E-state index contributed by atoms with van der Waals surface area (Å²) in [5.74, 6) is -0.119. The zero-order valence-corrected chi connectivity index (χ0v) is 22.0. The summed E-state index contributed by atoms with van der Waals surface area (Å²) in [4.78, 5) is 17.2. The lowest BCUT2D eigenvalue weighted by molar-refractivity contribution is -0.124. The van der Waals surface area contributed by atoms with Gasteiger partial charge in [0.1, 0.15) is 29.9 Å². The number of nitrogens with one attached hydrogen (secondary N) is 1. The van der Waals surface area contributed by atoms with Crippen LogP contribution in [0, 0.1) is 5.82 Å². The number of thiazole rings is 1. The number of benzene rings is 3. The lowest BCUT2D eigenvalue weighted by atomic mass is 10.1. The number of nitrogens with zero attached hydrogens (tertiary/aromatic N) is 4. The van der Waals surface area contributed by atoms with Crippen LogP contribution in [0.4, 0.5) is 4.39 Å². The molecule has 1 amide bonds. The van der Waals surface area contributed by atoms with Crippen LogP contribution in [-0.2, 0) is 34.4 Å². The highest BCUT2D eigenvalue weighted by atomic mass is 32.2. The third kappa shape index (κ3) is 6.63. The highest BCUT2D eigenvalue weighted by Gasteiger charge is 2.23. The van der Waals surface area contributed by atoms with Crippen LogP contribution in [0.5, 0.6) is 5.75 Å². The quantitative estimate of drug-likeness (QED) is 0.264. The standard InChI is InChI=1S/C26H23FN6O4S2/c27-19-8-6-18(7-9-19)14-29-25(34)23(12-17-4-2-1-3-5-17)33-15-20(31-32-33)16-37-21-10-11-22-24(13-21)38-26(30-22)39(28,35)36/h1-11,13,15,23H,12,14,16H2,(H,29,34)(H2,28,35,36)/t23-/m0/s1. The smallest absolute Gasteiger partial charge is 0.265 e. The number of fused-ring (bicyclic) bond motifs is 1. The minimum absolute atomic E-state index is 0.0710. The first-order valence-electron chi connectivity index (χ1n) is 11.8. The van der Waals surface area contributed by atoms with Gasteiger partial charge in [-0.1, -0.05) is 47.7 Å². The third-order valence-electron chi connectivity index (χ3n) is 5.80. The molecule has 0 unspecified atom stereocenters. The van der Waals surface area contributed by atoms with E-state index in [2.05, 4.69) is 20.6 Å². The summed E-state index contributed by atoms with van der Waals surface area (Å²) < 4.78 is 44.2. The summed E-state index contributed by atoms with van der Waals surface area (Å²) >= 11 is 0.957. The second-order valence-corrected chi connectivity index (χ2v) is 11.4. The molecule has 39 heavy (non-hydrogen) atoms. The summed E-state index contributed by atoms with van der Waals surface area (Å²) in [6, 6.07) is 19.8. The minimum atomic E-state index is -3.89. The van der Waals surface area contributed by atoms with Gasteiger partial charge in [0, 0.05) is 13.0 Å². The zero-order valence-electron chi connectivity index (χ0n) is 20.4. The maximum Gasteiger partial charge on any atom is 0.265 e. The molecule has 10 nitrogen and oxygen atoms in total. The van der Waals surface area contributed by atoms with Crippen LogP contribution in [0.2, 0.25) is 0 Å². The maximum atomic E-state index is 13.2. The lowest BCUT2D eigenvalue weighted by Crippen LogP contribution is -2.34. The predicted molar refractivity (Wildman–Crippen MR) is 143 cm³/mol. The third-order valence-corrected chi connectivity index (χ3v) is 8.14. The molecule has 1 atom stereocenters. The van der Waals surface area contributed by atoms with Crippen molar-refractivity contribution < 1.29 is 22.3 Å². The Hall–Kier alpha value is -4.20. The number of amides is 1. The molecule has 0 aliphatic rings. The Bertz CT molecular complexity index is 1710. The largest absolute Gasteiger partial charge is 0.487 e. The Kier molecular flexibility index (Phi) is 7.63. The van der Waals surface area contributed by atoms with Crippen molar-refractivity contribution in [3.63, 3.8) is 0 Å². The van der Waals surface area contributed by atoms with E-state index in [1.54, 1.807) is 36.5 Å². The second-order valence-electron chi connectivity index (χ2n) is 8.68. The summed E-state index contributed by atoms with van der Waals surface area (Å²) in [6.07, 6.45) is 2.03. The molecule has 0 saturated heterocycles. The van der Waals surface area contributed by atoms with Gasteiger partial charge in [0.05, 0.1) is 16.4 Å². The van der Waals surface area contributed by atoms with Crippen LogP contribution in [0.1, 0.15) is 22.9 Å². The van der Waals surface area contributed by atoms with Gasteiger partial charge in [-0.3, -0.25) is 4.79 Å². The molecule has 2 aromatic heterocycles. The molecule has 2 heterocycles. The maximum absolute atomic E-state index is 13.2. The molecule has 3 aromatic carbocycles. The van der Waals surface area contributed by atoms with Crippen molar-refractivity contribution in [2.45, 2.75) is 30.0 Å². The number of rotatable bonds is 10. The van der Waals surface area contributed by atoms with Gasteiger partial charge in [0.2, 0.25) is 10.2 Å². The van der Waals surface area contributed by atoms with Gasteiger partial charge in [-0.2, -0.15) is 0 Å². The molecule has 0 aliphatic heterocycles. The normalized spacial score (nSPS) is 12.4. The van der Waals surface area contributed by atoms with E-state index in [9.17, 15) is 17.6 Å². The van der Waals surface area contributed by atoms with Crippen LogP contribution >= 0.6 is 11.3 Å². The van der Waals surface area contributed by atoms with Crippen molar-refractivity contribution in [1.82, 2.24) is 25.3 Å². The molecule has 0 fully saturated rings. The van der Waals surface area contributed by atoms with Crippen LogP contribution in [0.3, 0.4) is 0 Å². The van der Waals surface area contributed by atoms with E-state index in [0.29, 0.717) is 28.1 Å². The Balaban J connectivity index is 1.29. The molecule has 5 rings (SSSR count). The summed E-state index contributed by atoms with van der Waals surface area (Å²) in [5, 5.41) is 16.4. The first-order chi connectivity index (χ1) is 18.7. The average molecular weight is 567 g/mol. The van der Waals surface area contributed by atoms with E-state index in [0.717, 1.165) is 22.5 Å². The van der Waals surface area contributed by atoms with E-state index in [1.165, 1.54) is 16.8 Å². The number of sulfonamides is 1. The SMILES string of the molecule is NS(=O)(=O)c1nc2ccc(OCc3cn([C@@H](Cc4ccccc4)C(=O)NCc4ccc(F)cc4)nn3)cc2s1. The van der Waals surface area contributed by atoms with Gasteiger partial charge in [0.15, 0.2) is 0 Å². The number of nitrogens with two attached hydrogens (primary N) is 1. The summed E-state index contributed by atoms with van der Waals surface area (Å²) in [6.45, 7) is 0.309. The van der Waals surface area contributed by atoms with Crippen LogP contribution in [0.15, 0.2) is 83.3 Å². The number of halogens is 1. The van der Waals surface area contributed by atoms with Gasteiger partial charge in [-0.25, -0.2) is 27.6 Å². The molecule has 200 valence electrons.